The number of hydrogen-bond donors (Lipinski definition) is 3. The summed E-state index contributed by atoms with van der Waals surface area (Å²) in [6.45, 7) is 0. The highest BCUT2D eigenvalue weighted by Crippen LogP contribution is 2.54. The van der Waals surface area contributed by atoms with E-state index in [-0.39, 0.29) is 34.0 Å². The molecule has 3 N–H and O–H groups in total. The predicted octanol–water partition coefficient (Wildman–Crippen LogP) is 0.995. The Labute approximate surface area is 128 Å². The molecule has 0 spiro atoms. The maximum Gasteiger partial charge on any atom is 0.340 e. The standard InChI is InChI=1S/C15H10O8/c1-21-11-7(17)3-5-9-8-4(15(20)23-13(9)11)2-6(16)10(18)12(8)22-14(5)19/h2-3,9,13,16-18H,1H3. The number of ether oxygens (including phenoxy) is 3. The van der Waals surface area contributed by atoms with Crippen LogP contribution >= 0.6 is 0 Å². The zero-order valence-electron chi connectivity index (χ0n) is 11.7. The third-order valence-corrected chi connectivity index (χ3v) is 4.13. The van der Waals surface area contributed by atoms with Gasteiger partial charge in [0.1, 0.15) is 0 Å². The lowest BCUT2D eigenvalue weighted by atomic mass is 9.76. The van der Waals surface area contributed by atoms with E-state index in [4.69, 9.17) is 14.2 Å². The van der Waals surface area contributed by atoms with Crippen LogP contribution in [0.2, 0.25) is 0 Å². The van der Waals surface area contributed by atoms with Gasteiger partial charge < -0.3 is 29.5 Å². The van der Waals surface area contributed by atoms with Gasteiger partial charge in [0.05, 0.1) is 24.2 Å². The summed E-state index contributed by atoms with van der Waals surface area (Å²) in [5, 5.41) is 29.6. The van der Waals surface area contributed by atoms with E-state index < -0.39 is 35.5 Å². The summed E-state index contributed by atoms with van der Waals surface area (Å²) in [6.07, 6.45) is 0.119. The number of hydrogen-bond acceptors (Lipinski definition) is 8. The molecule has 2 atom stereocenters. The second-order valence-electron chi connectivity index (χ2n) is 5.28. The first-order valence-corrected chi connectivity index (χ1v) is 6.64. The van der Waals surface area contributed by atoms with E-state index in [1.165, 1.54) is 13.2 Å². The number of aromatic hydroxyl groups is 2. The lowest BCUT2D eigenvalue weighted by Crippen LogP contribution is -2.42. The fourth-order valence-electron chi connectivity index (χ4n) is 3.16. The van der Waals surface area contributed by atoms with E-state index in [0.717, 1.165) is 6.07 Å². The van der Waals surface area contributed by atoms with Crippen molar-refractivity contribution in [2.24, 2.45) is 0 Å². The molecule has 4 rings (SSSR count). The monoisotopic (exact) mass is 318 g/mol. The largest absolute Gasteiger partial charge is 0.504 e. The van der Waals surface area contributed by atoms with Gasteiger partial charge in [-0.25, -0.2) is 9.59 Å². The van der Waals surface area contributed by atoms with Crippen LogP contribution in [0.15, 0.2) is 29.2 Å². The van der Waals surface area contributed by atoms with Crippen molar-refractivity contribution in [1.29, 1.82) is 0 Å². The molecule has 0 saturated heterocycles. The highest BCUT2D eigenvalue weighted by Gasteiger charge is 2.51. The van der Waals surface area contributed by atoms with Crippen LogP contribution in [-0.4, -0.2) is 40.5 Å². The molecule has 0 amide bonds. The molecule has 8 heteroatoms. The Morgan fingerprint density at radius 3 is 2.61 bits per heavy atom. The summed E-state index contributed by atoms with van der Waals surface area (Å²) in [4.78, 5) is 24.4. The second kappa shape index (κ2) is 4.19. The molecule has 0 fully saturated rings. The number of carbonyl (C=O) groups is 2. The quantitative estimate of drug-likeness (QED) is 0.398. The Morgan fingerprint density at radius 1 is 1.17 bits per heavy atom. The number of aliphatic hydroxyl groups is 1. The van der Waals surface area contributed by atoms with Crippen molar-refractivity contribution in [2.45, 2.75) is 12.0 Å². The highest BCUT2D eigenvalue weighted by atomic mass is 16.6. The average Bonchev–Trinajstić information content (AvgIpc) is 2.51. The van der Waals surface area contributed by atoms with E-state index in [1.807, 2.05) is 0 Å². The van der Waals surface area contributed by atoms with E-state index in [1.54, 1.807) is 0 Å². The first-order chi connectivity index (χ1) is 10.9. The van der Waals surface area contributed by atoms with Crippen LogP contribution in [0, 0.1) is 0 Å². The topological polar surface area (TPSA) is 123 Å². The van der Waals surface area contributed by atoms with Crippen molar-refractivity contribution in [3.8, 4) is 17.2 Å². The Bertz CT molecular complexity index is 848. The summed E-state index contributed by atoms with van der Waals surface area (Å²) in [5.41, 5.74) is 0.265. The van der Waals surface area contributed by atoms with Crippen molar-refractivity contribution in [1.82, 2.24) is 0 Å². The summed E-state index contributed by atoms with van der Waals surface area (Å²) in [5.74, 6) is -4.28. The molecule has 0 aromatic heterocycles. The van der Waals surface area contributed by atoms with Gasteiger partial charge in [0, 0.05) is 5.56 Å². The van der Waals surface area contributed by atoms with Crippen molar-refractivity contribution in [2.75, 3.05) is 7.11 Å². The number of phenols is 2. The number of benzene rings is 1. The third kappa shape index (κ3) is 1.54. The Balaban J connectivity index is 2.07. The van der Waals surface area contributed by atoms with Crippen LogP contribution in [0.3, 0.4) is 0 Å². The number of carbonyl (C=O) groups excluding carboxylic acids is 2. The van der Waals surface area contributed by atoms with E-state index in [9.17, 15) is 24.9 Å². The normalized spacial score (nSPS) is 24.5. The number of rotatable bonds is 1. The zero-order chi connectivity index (χ0) is 16.5. The lowest BCUT2D eigenvalue weighted by Gasteiger charge is -2.39. The van der Waals surface area contributed by atoms with Crippen LogP contribution in [0.4, 0.5) is 0 Å². The van der Waals surface area contributed by atoms with Crippen molar-refractivity contribution in [3.63, 3.8) is 0 Å². The van der Waals surface area contributed by atoms with Gasteiger partial charge in [0.2, 0.25) is 5.75 Å². The van der Waals surface area contributed by atoms with E-state index in [2.05, 4.69) is 0 Å². The van der Waals surface area contributed by atoms with Gasteiger partial charge in [-0.1, -0.05) is 0 Å². The molecule has 1 aliphatic carbocycles. The number of aliphatic hydroxyl groups excluding tert-OH is 1. The first-order valence-electron chi connectivity index (χ1n) is 6.64. The molecule has 8 nitrogen and oxygen atoms in total. The maximum atomic E-state index is 12.2. The molecule has 3 aliphatic rings. The van der Waals surface area contributed by atoms with Gasteiger partial charge in [-0.3, -0.25) is 0 Å². The average molecular weight is 318 g/mol. The molecule has 23 heavy (non-hydrogen) atoms. The van der Waals surface area contributed by atoms with E-state index >= 15 is 0 Å². The summed E-state index contributed by atoms with van der Waals surface area (Å²) in [6, 6.07) is 1.05. The number of methoxy groups -OCH3 is 1. The van der Waals surface area contributed by atoms with Gasteiger partial charge in [-0.05, 0) is 12.1 Å². The minimum Gasteiger partial charge on any atom is -0.504 e. The molecular formula is C15H10O8. The Morgan fingerprint density at radius 2 is 1.91 bits per heavy atom. The van der Waals surface area contributed by atoms with E-state index in [0.29, 0.717) is 0 Å². The molecule has 0 saturated carbocycles. The Kier molecular flexibility index (Phi) is 2.46. The second-order valence-corrected chi connectivity index (χ2v) is 5.28. The first kappa shape index (κ1) is 13.5. The highest BCUT2D eigenvalue weighted by molar-refractivity contribution is 6.02. The molecule has 118 valence electrons. The summed E-state index contributed by atoms with van der Waals surface area (Å²) < 4.78 is 15.4. The van der Waals surface area contributed by atoms with Gasteiger partial charge in [-0.2, -0.15) is 0 Å². The smallest absolute Gasteiger partial charge is 0.340 e. The fourth-order valence-corrected chi connectivity index (χ4v) is 3.16. The minimum absolute atomic E-state index is 0.00837. The van der Waals surface area contributed by atoms with Crippen molar-refractivity contribution >= 4 is 11.9 Å². The van der Waals surface area contributed by atoms with Crippen LogP contribution in [0.25, 0.3) is 0 Å². The van der Waals surface area contributed by atoms with Gasteiger partial charge >= 0.3 is 11.9 Å². The third-order valence-electron chi connectivity index (χ3n) is 4.13. The molecule has 0 radical (unpaired) electrons. The number of esters is 2. The van der Waals surface area contributed by atoms with Crippen LogP contribution in [0.1, 0.15) is 21.8 Å². The fraction of sp³-hybridized carbons (Fsp3) is 0.200. The molecule has 2 heterocycles. The van der Waals surface area contributed by atoms with Crippen LogP contribution in [-0.2, 0) is 14.3 Å². The van der Waals surface area contributed by atoms with Crippen LogP contribution in [0.5, 0.6) is 17.2 Å². The van der Waals surface area contributed by atoms with Crippen LogP contribution < -0.4 is 4.74 Å². The SMILES string of the molecule is COC1=C(O)C=C2C(=O)Oc3c(O)c(O)cc4c3C2C1OC4=O. The predicted molar refractivity (Wildman–Crippen MR) is 72.1 cm³/mol. The molecule has 2 aliphatic heterocycles. The molecule has 2 unspecified atom stereocenters. The molecule has 1 aromatic carbocycles. The summed E-state index contributed by atoms with van der Waals surface area (Å²) in [7, 11) is 1.30. The van der Waals surface area contributed by atoms with Crippen molar-refractivity contribution in [3.05, 3.63) is 40.4 Å². The van der Waals surface area contributed by atoms with Crippen molar-refractivity contribution < 1.29 is 39.1 Å². The van der Waals surface area contributed by atoms with Gasteiger partial charge in [0.15, 0.2) is 29.1 Å². The molecule has 1 aromatic rings. The number of allylic oxidation sites excluding steroid dienone is 1. The van der Waals surface area contributed by atoms with Gasteiger partial charge in [0.25, 0.3) is 0 Å². The number of phenolic OH excluding ortho intramolecular Hbond substituents is 2. The van der Waals surface area contributed by atoms with Gasteiger partial charge in [-0.15, -0.1) is 0 Å². The lowest BCUT2D eigenvalue weighted by molar-refractivity contribution is -0.132. The Hall–Kier alpha value is -3.16. The summed E-state index contributed by atoms with van der Waals surface area (Å²) >= 11 is 0. The minimum atomic E-state index is -1.06. The molecular weight excluding hydrogens is 308 g/mol. The zero-order valence-corrected chi connectivity index (χ0v) is 11.7. The maximum absolute atomic E-state index is 12.2. The molecule has 0 bridgehead atoms.